The van der Waals surface area contributed by atoms with Crippen LogP contribution in [-0.4, -0.2) is 31.2 Å². The highest BCUT2D eigenvalue weighted by Crippen LogP contribution is 2.22. The van der Waals surface area contributed by atoms with E-state index < -0.39 is 23.9 Å². The second-order valence-corrected chi connectivity index (χ2v) is 6.46. The minimum absolute atomic E-state index is 0.203. The lowest BCUT2D eigenvalue weighted by Crippen LogP contribution is -2.42. The average molecular weight is 321 g/mol. The Morgan fingerprint density at radius 3 is 1.87 bits per heavy atom. The normalized spacial score (nSPS) is 13.7. The lowest BCUT2D eigenvalue weighted by molar-refractivity contribution is -0.154. The van der Waals surface area contributed by atoms with Crippen molar-refractivity contribution >= 4 is 11.9 Å². The van der Waals surface area contributed by atoms with E-state index in [1.54, 1.807) is 24.3 Å². The SMILES string of the molecule is CC(C)COC(=O)[C@H](c1ccccc1)[C@@H](N)C(=O)OCC(C)C. The Kier molecular flexibility index (Phi) is 7.75. The molecule has 0 aliphatic heterocycles. The van der Waals surface area contributed by atoms with Gasteiger partial charge in [0.15, 0.2) is 0 Å². The number of hydrogen-bond acceptors (Lipinski definition) is 5. The molecule has 23 heavy (non-hydrogen) atoms. The van der Waals surface area contributed by atoms with E-state index in [0.717, 1.165) is 0 Å². The van der Waals surface area contributed by atoms with Crippen LogP contribution in [0.25, 0.3) is 0 Å². The van der Waals surface area contributed by atoms with Crippen molar-refractivity contribution in [2.24, 2.45) is 17.6 Å². The summed E-state index contributed by atoms with van der Waals surface area (Å²) in [6.45, 7) is 8.32. The predicted molar refractivity (Wildman–Crippen MR) is 88.8 cm³/mol. The lowest BCUT2D eigenvalue weighted by Gasteiger charge is -2.22. The number of nitrogens with two attached hydrogens (primary N) is 1. The molecule has 0 saturated carbocycles. The molecule has 0 radical (unpaired) electrons. The molecule has 0 heterocycles. The fourth-order valence-corrected chi connectivity index (χ4v) is 1.97. The van der Waals surface area contributed by atoms with Crippen molar-refractivity contribution < 1.29 is 19.1 Å². The molecule has 1 aromatic rings. The maximum Gasteiger partial charge on any atom is 0.324 e. The van der Waals surface area contributed by atoms with Gasteiger partial charge in [-0.2, -0.15) is 0 Å². The summed E-state index contributed by atoms with van der Waals surface area (Å²) in [5.41, 5.74) is 6.66. The summed E-state index contributed by atoms with van der Waals surface area (Å²) in [6.07, 6.45) is 0. The van der Waals surface area contributed by atoms with Gasteiger partial charge in [0, 0.05) is 0 Å². The van der Waals surface area contributed by atoms with Crippen LogP contribution in [0.1, 0.15) is 39.2 Å². The van der Waals surface area contributed by atoms with Crippen molar-refractivity contribution in [3.05, 3.63) is 35.9 Å². The molecule has 2 N–H and O–H groups in total. The van der Waals surface area contributed by atoms with Gasteiger partial charge in [0.25, 0.3) is 0 Å². The first-order valence-electron chi connectivity index (χ1n) is 7.96. The molecule has 0 fully saturated rings. The van der Waals surface area contributed by atoms with Crippen molar-refractivity contribution in [1.82, 2.24) is 0 Å². The van der Waals surface area contributed by atoms with Crippen molar-refractivity contribution in [2.45, 2.75) is 39.7 Å². The Morgan fingerprint density at radius 2 is 1.39 bits per heavy atom. The van der Waals surface area contributed by atoms with Gasteiger partial charge in [-0.25, -0.2) is 0 Å². The molecule has 0 saturated heterocycles. The summed E-state index contributed by atoms with van der Waals surface area (Å²) < 4.78 is 10.5. The van der Waals surface area contributed by atoms with Crippen LogP contribution in [0.5, 0.6) is 0 Å². The van der Waals surface area contributed by atoms with E-state index >= 15 is 0 Å². The molecule has 5 nitrogen and oxygen atoms in total. The molecule has 0 aliphatic carbocycles. The van der Waals surface area contributed by atoms with Crippen LogP contribution in [0.3, 0.4) is 0 Å². The van der Waals surface area contributed by atoms with Crippen molar-refractivity contribution in [1.29, 1.82) is 0 Å². The first kappa shape index (κ1) is 19.2. The van der Waals surface area contributed by atoms with E-state index in [-0.39, 0.29) is 25.0 Å². The standard InChI is InChI=1S/C18H27NO4/c1-12(2)10-22-17(20)15(14-8-6-5-7-9-14)16(19)18(21)23-11-13(3)4/h5-9,12-13,15-16H,10-11,19H2,1-4H3/t15-,16-/m1/s1. The summed E-state index contributed by atoms with van der Waals surface area (Å²) in [5, 5.41) is 0. The third-order valence-corrected chi connectivity index (χ3v) is 3.16. The maximum absolute atomic E-state index is 12.4. The summed E-state index contributed by atoms with van der Waals surface area (Å²) >= 11 is 0. The first-order chi connectivity index (χ1) is 10.8. The molecule has 0 aliphatic rings. The number of carbonyl (C=O) groups is 2. The second-order valence-electron chi connectivity index (χ2n) is 6.46. The van der Waals surface area contributed by atoms with Gasteiger partial charge < -0.3 is 15.2 Å². The topological polar surface area (TPSA) is 78.6 Å². The van der Waals surface area contributed by atoms with E-state index in [4.69, 9.17) is 15.2 Å². The smallest absolute Gasteiger partial charge is 0.324 e. The molecule has 0 unspecified atom stereocenters. The van der Waals surface area contributed by atoms with E-state index in [0.29, 0.717) is 5.56 Å². The van der Waals surface area contributed by atoms with Gasteiger partial charge >= 0.3 is 11.9 Å². The highest BCUT2D eigenvalue weighted by molar-refractivity contribution is 5.88. The van der Waals surface area contributed by atoms with Gasteiger partial charge in [0.2, 0.25) is 0 Å². The van der Waals surface area contributed by atoms with Crippen LogP contribution in [-0.2, 0) is 19.1 Å². The third kappa shape index (κ3) is 6.40. The van der Waals surface area contributed by atoms with Crippen LogP contribution >= 0.6 is 0 Å². The number of esters is 2. The summed E-state index contributed by atoms with van der Waals surface area (Å²) in [7, 11) is 0. The Labute approximate surface area is 138 Å². The minimum atomic E-state index is -1.09. The van der Waals surface area contributed by atoms with E-state index in [1.165, 1.54) is 0 Å². The molecule has 0 amide bonds. The highest BCUT2D eigenvalue weighted by atomic mass is 16.5. The summed E-state index contributed by atoms with van der Waals surface area (Å²) in [4.78, 5) is 24.6. The first-order valence-corrected chi connectivity index (χ1v) is 7.96. The van der Waals surface area contributed by atoms with Gasteiger partial charge in [-0.3, -0.25) is 9.59 Å². The zero-order chi connectivity index (χ0) is 17.4. The lowest BCUT2D eigenvalue weighted by atomic mass is 9.92. The molecular weight excluding hydrogens is 294 g/mol. The third-order valence-electron chi connectivity index (χ3n) is 3.16. The van der Waals surface area contributed by atoms with Crippen LogP contribution in [0, 0.1) is 11.8 Å². The molecule has 5 heteroatoms. The number of ether oxygens (including phenoxy) is 2. The molecule has 1 aromatic carbocycles. The zero-order valence-corrected chi connectivity index (χ0v) is 14.3. The van der Waals surface area contributed by atoms with Crippen LogP contribution in [0.2, 0.25) is 0 Å². The number of carbonyl (C=O) groups excluding carboxylic acids is 2. The highest BCUT2D eigenvalue weighted by Gasteiger charge is 2.34. The molecule has 1 rings (SSSR count). The summed E-state index contributed by atoms with van der Waals surface area (Å²) in [5.74, 6) is -1.55. The van der Waals surface area contributed by atoms with E-state index in [9.17, 15) is 9.59 Å². The predicted octanol–water partition coefficient (Wildman–Crippen LogP) is 2.50. The minimum Gasteiger partial charge on any atom is -0.465 e. The van der Waals surface area contributed by atoms with Crippen molar-refractivity contribution in [3.63, 3.8) is 0 Å². The fourth-order valence-electron chi connectivity index (χ4n) is 1.97. The Bertz CT molecular complexity index is 499. The molecule has 2 atom stereocenters. The van der Waals surface area contributed by atoms with Crippen LogP contribution in [0.4, 0.5) is 0 Å². The second kappa shape index (κ2) is 9.30. The molecule has 0 spiro atoms. The van der Waals surface area contributed by atoms with Crippen molar-refractivity contribution in [2.75, 3.05) is 13.2 Å². The van der Waals surface area contributed by atoms with Crippen LogP contribution < -0.4 is 5.73 Å². The van der Waals surface area contributed by atoms with Gasteiger partial charge in [0.1, 0.15) is 12.0 Å². The van der Waals surface area contributed by atoms with E-state index in [2.05, 4.69) is 0 Å². The van der Waals surface area contributed by atoms with Gasteiger partial charge in [0.05, 0.1) is 13.2 Å². The largest absolute Gasteiger partial charge is 0.465 e. The molecule has 128 valence electrons. The number of hydrogen-bond donors (Lipinski definition) is 1. The summed E-state index contributed by atoms with van der Waals surface area (Å²) in [6, 6.07) is 7.86. The van der Waals surface area contributed by atoms with Gasteiger partial charge in [-0.15, -0.1) is 0 Å². The van der Waals surface area contributed by atoms with Crippen molar-refractivity contribution in [3.8, 4) is 0 Å². The van der Waals surface area contributed by atoms with Crippen LogP contribution in [0.15, 0.2) is 30.3 Å². The Hall–Kier alpha value is -1.88. The molecular formula is C18H27NO4. The number of benzene rings is 1. The molecule has 0 aromatic heterocycles. The maximum atomic E-state index is 12.4. The Balaban J connectivity index is 2.90. The van der Waals surface area contributed by atoms with Gasteiger partial charge in [-0.1, -0.05) is 58.0 Å². The molecule has 0 bridgehead atoms. The average Bonchev–Trinajstić information content (AvgIpc) is 2.51. The zero-order valence-electron chi connectivity index (χ0n) is 14.3. The monoisotopic (exact) mass is 321 g/mol. The quantitative estimate of drug-likeness (QED) is 0.744. The van der Waals surface area contributed by atoms with Gasteiger partial charge in [-0.05, 0) is 17.4 Å². The Morgan fingerprint density at radius 1 is 0.913 bits per heavy atom. The van der Waals surface area contributed by atoms with E-state index in [1.807, 2.05) is 33.8 Å². The number of rotatable bonds is 8. The fraction of sp³-hybridized carbons (Fsp3) is 0.556.